The molecule has 9 heteroatoms. The molecular weight excluding hydrogens is 412 g/mol. The van der Waals surface area contributed by atoms with Gasteiger partial charge in [0, 0.05) is 18.9 Å². The summed E-state index contributed by atoms with van der Waals surface area (Å²) >= 11 is 0. The van der Waals surface area contributed by atoms with Gasteiger partial charge in [0.25, 0.3) is 5.91 Å². The van der Waals surface area contributed by atoms with E-state index in [2.05, 4.69) is 15.7 Å². The molecule has 1 aromatic carbocycles. The Morgan fingerprint density at radius 3 is 2.53 bits per heavy atom. The van der Waals surface area contributed by atoms with Gasteiger partial charge >= 0.3 is 12.0 Å². The lowest BCUT2D eigenvalue weighted by atomic mass is 9.96. The van der Waals surface area contributed by atoms with Gasteiger partial charge in [-0.25, -0.2) is 9.80 Å². The van der Waals surface area contributed by atoms with E-state index in [1.54, 1.807) is 0 Å². The summed E-state index contributed by atoms with van der Waals surface area (Å²) in [6, 6.07) is 9.10. The van der Waals surface area contributed by atoms with E-state index in [4.69, 9.17) is 4.74 Å². The number of carbonyl (C=O) groups excluding carboxylic acids is 4. The number of urea groups is 1. The average Bonchev–Trinajstić information content (AvgIpc) is 3.29. The molecule has 0 bridgehead atoms. The Bertz CT molecular complexity index is 864. The minimum absolute atomic E-state index is 0.0658. The van der Waals surface area contributed by atoms with Crippen molar-refractivity contribution in [3.8, 4) is 0 Å². The van der Waals surface area contributed by atoms with Gasteiger partial charge in [0.05, 0.1) is 18.7 Å². The summed E-state index contributed by atoms with van der Waals surface area (Å²) in [5, 5.41) is 10.7. The van der Waals surface area contributed by atoms with Crippen molar-refractivity contribution in [2.24, 2.45) is 5.10 Å². The summed E-state index contributed by atoms with van der Waals surface area (Å²) in [7, 11) is 0. The molecule has 1 aliphatic carbocycles. The molecule has 1 aliphatic heterocycles. The molecule has 0 aromatic heterocycles. The van der Waals surface area contributed by atoms with E-state index in [1.165, 1.54) is 11.9 Å². The molecular formula is C23H30N4O5. The number of hydrogen-bond acceptors (Lipinski definition) is 6. The number of hydrogen-bond donors (Lipinski definition) is 2. The van der Waals surface area contributed by atoms with Gasteiger partial charge in [0.15, 0.2) is 6.10 Å². The molecule has 0 radical (unpaired) electrons. The smallest absolute Gasteiger partial charge is 0.321 e. The fraction of sp³-hybridized carbons (Fsp3) is 0.522. The van der Waals surface area contributed by atoms with Gasteiger partial charge in [-0.2, -0.15) is 5.10 Å². The van der Waals surface area contributed by atoms with Crippen molar-refractivity contribution in [2.75, 3.05) is 6.54 Å². The third kappa shape index (κ3) is 6.90. The number of ether oxygens (including phenoxy) is 1. The number of nitrogens with one attached hydrogen (secondary N) is 2. The number of carbonyl (C=O) groups is 4. The zero-order valence-electron chi connectivity index (χ0n) is 18.3. The normalized spacial score (nSPS) is 17.3. The summed E-state index contributed by atoms with van der Waals surface area (Å²) < 4.78 is 5.07. The third-order valence-corrected chi connectivity index (χ3v) is 5.59. The Labute approximate surface area is 187 Å². The van der Waals surface area contributed by atoms with Gasteiger partial charge < -0.3 is 10.1 Å². The highest BCUT2D eigenvalue weighted by atomic mass is 16.5. The van der Waals surface area contributed by atoms with Gasteiger partial charge in [-0.1, -0.05) is 49.6 Å². The summed E-state index contributed by atoms with van der Waals surface area (Å²) in [6.45, 7) is 1.85. The summed E-state index contributed by atoms with van der Waals surface area (Å²) in [4.78, 5) is 48.5. The molecule has 2 aliphatic rings. The minimum atomic E-state index is -1.14. The second kappa shape index (κ2) is 11.4. The second-order valence-electron chi connectivity index (χ2n) is 8.11. The van der Waals surface area contributed by atoms with Crippen LogP contribution in [0.1, 0.15) is 63.9 Å². The number of hydrazone groups is 1. The Hall–Kier alpha value is -3.23. The van der Waals surface area contributed by atoms with Crippen LogP contribution >= 0.6 is 0 Å². The van der Waals surface area contributed by atoms with Crippen molar-refractivity contribution in [3.63, 3.8) is 0 Å². The summed E-state index contributed by atoms with van der Waals surface area (Å²) in [5.41, 5.74) is 1.80. The maximum absolute atomic E-state index is 12.4. The van der Waals surface area contributed by atoms with Crippen LogP contribution < -0.4 is 10.6 Å². The maximum atomic E-state index is 12.4. The number of esters is 1. The summed E-state index contributed by atoms with van der Waals surface area (Å²) in [6.07, 6.45) is 4.35. The lowest BCUT2D eigenvalue weighted by Gasteiger charge is -2.23. The van der Waals surface area contributed by atoms with E-state index in [0.29, 0.717) is 13.0 Å². The lowest BCUT2D eigenvalue weighted by Crippen LogP contribution is -2.48. The number of imide groups is 1. The molecule has 1 heterocycles. The summed E-state index contributed by atoms with van der Waals surface area (Å²) in [5.74, 6) is -1.66. The molecule has 1 atom stereocenters. The number of benzene rings is 1. The van der Waals surface area contributed by atoms with Crippen LogP contribution in [0.2, 0.25) is 0 Å². The number of rotatable bonds is 7. The van der Waals surface area contributed by atoms with E-state index in [0.717, 1.165) is 43.4 Å². The zero-order chi connectivity index (χ0) is 22.9. The highest BCUT2D eigenvalue weighted by Crippen LogP contribution is 2.17. The van der Waals surface area contributed by atoms with Crippen LogP contribution in [0.5, 0.6) is 0 Å². The zero-order valence-corrected chi connectivity index (χ0v) is 18.3. The lowest BCUT2D eigenvalue weighted by molar-refractivity contribution is -0.155. The fourth-order valence-corrected chi connectivity index (χ4v) is 3.80. The molecule has 32 heavy (non-hydrogen) atoms. The fourth-order valence-electron chi connectivity index (χ4n) is 3.80. The minimum Gasteiger partial charge on any atom is -0.453 e. The first-order chi connectivity index (χ1) is 15.4. The van der Waals surface area contributed by atoms with E-state index < -0.39 is 24.0 Å². The first-order valence-electron chi connectivity index (χ1n) is 11.2. The van der Waals surface area contributed by atoms with Crippen molar-refractivity contribution in [3.05, 3.63) is 35.9 Å². The van der Waals surface area contributed by atoms with Gasteiger partial charge in [0.1, 0.15) is 0 Å². The Kier molecular flexibility index (Phi) is 8.35. The topological polar surface area (TPSA) is 117 Å². The second-order valence-corrected chi connectivity index (χ2v) is 8.11. The first-order valence-corrected chi connectivity index (χ1v) is 11.2. The predicted octanol–water partition coefficient (Wildman–Crippen LogP) is 2.49. The molecule has 1 unspecified atom stereocenters. The molecule has 2 N–H and O–H groups in total. The first kappa shape index (κ1) is 23.4. The molecule has 4 amide bonds. The predicted molar refractivity (Wildman–Crippen MR) is 118 cm³/mol. The molecule has 1 fully saturated rings. The van der Waals surface area contributed by atoms with Crippen LogP contribution in [0.25, 0.3) is 0 Å². The molecule has 0 saturated heterocycles. The quantitative estimate of drug-likeness (QED) is 0.629. The van der Waals surface area contributed by atoms with Gasteiger partial charge in [-0.05, 0) is 25.3 Å². The van der Waals surface area contributed by atoms with Crippen molar-refractivity contribution in [1.29, 1.82) is 0 Å². The standard InChI is InChI=1S/C23H30N4O5/c1-16(22(30)25-23(31)24-18-10-6-3-7-11-18)32-21(29)13-12-20(28)27-15-14-19(26-27)17-8-4-2-5-9-17/h2,4-5,8-9,16,18H,3,6-7,10-15H2,1H3,(H2,24,25,30,31). The van der Waals surface area contributed by atoms with E-state index in [-0.39, 0.29) is 24.8 Å². The van der Waals surface area contributed by atoms with Crippen molar-refractivity contribution in [2.45, 2.75) is 70.4 Å². The SMILES string of the molecule is CC(OC(=O)CCC(=O)N1CCC(c2ccccc2)=N1)C(=O)NC(=O)NC1CCCCC1. The maximum Gasteiger partial charge on any atom is 0.321 e. The molecule has 9 nitrogen and oxygen atoms in total. The Balaban J connectivity index is 1.37. The van der Waals surface area contributed by atoms with Crippen LogP contribution in [-0.4, -0.2) is 53.2 Å². The van der Waals surface area contributed by atoms with Crippen LogP contribution in [0, 0.1) is 0 Å². The van der Waals surface area contributed by atoms with Crippen LogP contribution in [0.4, 0.5) is 4.79 Å². The largest absolute Gasteiger partial charge is 0.453 e. The average molecular weight is 443 g/mol. The van der Waals surface area contributed by atoms with Gasteiger partial charge in [-0.3, -0.25) is 19.7 Å². The third-order valence-electron chi connectivity index (χ3n) is 5.59. The monoisotopic (exact) mass is 442 g/mol. The number of nitrogens with zero attached hydrogens (tertiary/aromatic N) is 2. The highest BCUT2D eigenvalue weighted by molar-refractivity contribution is 6.02. The number of amides is 4. The molecule has 3 rings (SSSR count). The Morgan fingerprint density at radius 2 is 1.81 bits per heavy atom. The van der Waals surface area contributed by atoms with Crippen molar-refractivity contribution < 1.29 is 23.9 Å². The molecule has 1 aromatic rings. The van der Waals surface area contributed by atoms with Crippen molar-refractivity contribution in [1.82, 2.24) is 15.6 Å². The Morgan fingerprint density at radius 1 is 1.09 bits per heavy atom. The molecule has 0 spiro atoms. The van der Waals surface area contributed by atoms with Crippen molar-refractivity contribution >= 4 is 29.5 Å². The highest BCUT2D eigenvalue weighted by Gasteiger charge is 2.25. The molecule has 172 valence electrons. The van der Waals surface area contributed by atoms with E-state index in [1.807, 2.05) is 30.3 Å². The van der Waals surface area contributed by atoms with Gasteiger partial charge in [0.2, 0.25) is 5.91 Å². The van der Waals surface area contributed by atoms with E-state index in [9.17, 15) is 19.2 Å². The van der Waals surface area contributed by atoms with E-state index >= 15 is 0 Å². The van der Waals surface area contributed by atoms with Gasteiger partial charge in [-0.15, -0.1) is 0 Å². The van der Waals surface area contributed by atoms with Crippen LogP contribution in [0.3, 0.4) is 0 Å². The molecule has 1 saturated carbocycles. The van der Waals surface area contributed by atoms with Crippen LogP contribution in [0.15, 0.2) is 35.4 Å². The van der Waals surface area contributed by atoms with Crippen LogP contribution in [-0.2, 0) is 19.1 Å².